The lowest BCUT2D eigenvalue weighted by atomic mass is 10.2. The van der Waals surface area contributed by atoms with Crippen LogP contribution in [0.2, 0.25) is 0 Å². The van der Waals surface area contributed by atoms with Crippen LogP contribution in [0.15, 0.2) is 24.3 Å². The lowest BCUT2D eigenvalue weighted by Gasteiger charge is -2.08. The summed E-state index contributed by atoms with van der Waals surface area (Å²) in [6, 6.07) is 7.19. The van der Waals surface area contributed by atoms with E-state index in [1.165, 1.54) is 5.56 Å². The van der Waals surface area contributed by atoms with Gasteiger partial charge in [-0.1, -0.05) is 17.7 Å². The molecule has 0 heterocycles. The van der Waals surface area contributed by atoms with Gasteiger partial charge in [0.15, 0.2) is 0 Å². The fourth-order valence-electron chi connectivity index (χ4n) is 1.94. The van der Waals surface area contributed by atoms with E-state index in [4.69, 9.17) is 14.6 Å². The molecule has 1 rings (SSSR count). The van der Waals surface area contributed by atoms with Crippen LogP contribution in [0.4, 0.5) is 4.79 Å². The molecule has 150 valence electrons. The second-order valence-electron chi connectivity index (χ2n) is 5.76. The van der Waals surface area contributed by atoms with E-state index in [0.29, 0.717) is 26.4 Å². The maximum atomic E-state index is 11.5. The number of aryl methyl sites for hydroxylation is 1. The van der Waals surface area contributed by atoms with Crippen LogP contribution in [0.25, 0.3) is 0 Å². The van der Waals surface area contributed by atoms with Gasteiger partial charge in [-0.3, -0.25) is 9.59 Å². The van der Waals surface area contributed by atoms with E-state index >= 15 is 0 Å². The average Bonchev–Trinajstić information content (AvgIpc) is 2.64. The highest BCUT2D eigenvalue weighted by Crippen LogP contribution is 2.11. The first-order valence-electron chi connectivity index (χ1n) is 8.75. The van der Waals surface area contributed by atoms with E-state index in [0.717, 1.165) is 18.6 Å². The number of amides is 3. The standard InChI is InChI=1S/C18H27N3O6/c1-14-4-6-15(7-5-14)27-10-3-2-9-26-11-8-19-16(22)12-20-18(25)21-13-17(23)24/h4-7H,2-3,8-13H2,1H3,(H,19,22)(H,23,24)(H2,20,21,25). The maximum Gasteiger partial charge on any atom is 0.323 e. The van der Waals surface area contributed by atoms with Crippen LogP contribution in [-0.2, 0) is 14.3 Å². The summed E-state index contributed by atoms with van der Waals surface area (Å²) in [5, 5.41) is 15.3. The summed E-state index contributed by atoms with van der Waals surface area (Å²) in [6.07, 6.45) is 1.72. The molecule has 1 aromatic carbocycles. The number of carboxylic acid groups (broad SMARTS) is 1. The number of benzene rings is 1. The summed E-state index contributed by atoms with van der Waals surface area (Å²) in [5.74, 6) is -0.682. The highest BCUT2D eigenvalue weighted by atomic mass is 16.5. The molecule has 0 fully saturated rings. The molecule has 0 aromatic heterocycles. The minimum Gasteiger partial charge on any atom is -0.494 e. The van der Waals surface area contributed by atoms with Crippen LogP contribution < -0.4 is 20.7 Å². The Labute approximate surface area is 158 Å². The van der Waals surface area contributed by atoms with Crippen molar-refractivity contribution in [1.29, 1.82) is 0 Å². The molecular weight excluding hydrogens is 354 g/mol. The molecule has 0 saturated carbocycles. The van der Waals surface area contributed by atoms with E-state index in [-0.39, 0.29) is 12.5 Å². The number of aliphatic carboxylic acids is 1. The van der Waals surface area contributed by atoms with Gasteiger partial charge in [-0.25, -0.2) is 4.79 Å². The zero-order chi connectivity index (χ0) is 19.9. The normalized spacial score (nSPS) is 10.1. The highest BCUT2D eigenvalue weighted by Gasteiger charge is 2.05. The number of hydrogen-bond acceptors (Lipinski definition) is 5. The number of carbonyl (C=O) groups is 3. The first-order valence-corrected chi connectivity index (χ1v) is 8.75. The van der Waals surface area contributed by atoms with Gasteiger partial charge in [0, 0.05) is 13.2 Å². The predicted molar refractivity (Wildman–Crippen MR) is 98.8 cm³/mol. The average molecular weight is 381 g/mol. The summed E-state index contributed by atoms with van der Waals surface area (Å²) in [6.45, 7) is 3.19. The topological polar surface area (TPSA) is 126 Å². The number of hydrogen-bond donors (Lipinski definition) is 4. The molecule has 0 aliphatic rings. The van der Waals surface area contributed by atoms with Crippen LogP contribution in [0.3, 0.4) is 0 Å². The van der Waals surface area contributed by atoms with Crippen LogP contribution in [0.1, 0.15) is 18.4 Å². The number of urea groups is 1. The molecule has 3 amide bonds. The maximum absolute atomic E-state index is 11.5. The number of carboxylic acids is 1. The lowest BCUT2D eigenvalue weighted by molar-refractivity contribution is -0.135. The number of rotatable bonds is 13. The highest BCUT2D eigenvalue weighted by molar-refractivity contribution is 5.85. The SMILES string of the molecule is Cc1ccc(OCCCCOCCNC(=O)CNC(=O)NCC(=O)O)cc1. The Bertz CT molecular complexity index is 591. The third-order valence-electron chi connectivity index (χ3n) is 3.35. The van der Waals surface area contributed by atoms with Gasteiger partial charge in [0.05, 0.1) is 19.8 Å². The van der Waals surface area contributed by atoms with Crippen molar-refractivity contribution in [1.82, 2.24) is 16.0 Å². The Hall–Kier alpha value is -2.81. The van der Waals surface area contributed by atoms with Gasteiger partial charge < -0.3 is 30.5 Å². The predicted octanol–water partition coefficient (Wildman–Crippen LogP) is 0.671. The summed E-state index contributed by atoms with van der Waals surface area (Å²) in [4.78, 5) is 32.9. The van der Waals surface area contributed by atoms with E-state index in [2.05, 4.69) is 16.0 Å². The summed E-state index contributed by atoms with van der Waals surface area (Å²) in [7, 11) is 0. The quantitative estimate of drug-likeness (QED) is 0.372. The van der Waals surface area contributed by atoms with Crippen LogP contribution >= 0.6 is 0 Å². The van der Waals surface area contributed by atoms with Gasteiger partial charge in [0.25, 0.3) is 0 Å². The Morgan fingerprint density at radius 1 is 0.926 bits per heavy atom. The molecule has 27 heavy (non-hydrogen) atoms. The lowest BCUT2D eigenvalue weighted by Crippen LogP contribution is -2.43. The van der Waals surface area contributed by atoms with E-state index in [9.17, 15) is 14.4 Å². The zero-order valence-electron chi connectivity index (χ0n) is 15.5. The minimum absolute atomic E-state index is 0.234. The summed E-state index contributed by atoms with van der Waals surface area (Å²) in [5.41, 5.74) is 1.19. The van der Waals surface area contributed by atoms with E-state index in [1.807, 2.05) is 31.2 Å². The van der Waals surface area contributed by atoms with Crippen molar-refractivity contribution in [2.45, 2.75) is 19.8 Å². The van der Waals surface area contributed by atoms with Crippen molar-refractivity contribution < 1.29 is 29.0 Å². The largest absolute Gasteiger partial charge is 0.494 e. The zero-order valence-corrected chi connectivity index (χ0v) is 15.5. The molecule has 0 spiro atoms. The first kappa shape index (κ1) is 22.2. The number of nitrogens with one attached hydrogen (secondary N) is 3. The van der Waals surface area contributed by atoms with Gasteiger partial charge in [-0.2, -0.15) is 0 Å². The van der Waals surface area contributed by atoms with Crippen molar-refractivity contribution in [3.8, 4) is 5.75 Å². The Kier molecular flexibility index (Phi) is 11.0. The molecule has 0 aliphatic heterocycles. The van der Waals surface area contributed by atoms with E-state index in [1.54, 1.807) is 0 Å². The third kappa shape index (κ3) is 12.2. The van der Waals surface area contributed by atoms with Crippen molar-refractivity contribution in [3.05, 3.63) is 29.8 Å². The Balaban J connectivity index is 1.90. The fraction of sp³-hybridized carbons (Fsp3) is 0.500. The molecule has 0 unspecified atom stereocenters. The van der Waals surface area contributed by atoms with Gasteiger partial charge in [0.1, 0.15) is 12.3 Å². The number of ether oxygens (including phenoxy) is 2. The van der Waals surface area contributed by atoms with Gasteiger partial charge in [0.2, 0.25) is 5.91 Å². The van der Waals surface area contributed by atoms with Crippen molar-refractivity contribution in [3.63, 3.8) is 0 Å². The van der Waals surface area contributed by atoms with E-state index < -0.39 is 18.5 Å². The van der Waals surface area contributed by atoms with Crippen molar-refractivity contribution >= 4 is 17.9 Å². The first-order chi connectivity index (χ1) is 13.0. The Morgan fingerprint density at radius 2 is 1.59 bits per heavy atom. The number of unbranched alkanes of at least 4 members (excludes halogenated alkanes) is 1. The fourth-order valence-corrected chi connectivity index (χ4v) is 1.94. The molecule has 0 atom stereocenters. The molecule has 4 N–H and O–H groups in total. The van der Waals surface area contributed by atoms with Gasteiger partial charge >= 0.3 is 12.0 Å². The molecule has 0 radical (unpaired) electrons. The smallest absolute Gasteiger partial charge is 0.323 e. The van der Waals surface area contributed by atoms with Gasteiger partial charge in [-0.05, 0) is 31.9 Å². The van der Waals surface area contributed by atoms with Crippen molar-refractivity contribution in [2.75, 3.05) is 39.5 Å². The summed E-state index contributed by atoms with van der Waals surface area (Å²) < 4.78 is 11.0. The monoisotopic (exact) mass is 381 g/mol. The second-order valence-corrected chi connectivity index (χ2v) is 5.76. The minimum atomic E-state index is -1.16. The molecular formula is C18H27N3O6. The molecule has 9 nitrogen and oxygen atoms in total. The molecule has 0 aliphatic carbocycles. The molecule has 0 bridgehead atoms. The van der Waals surface area contributed by atoms with Crippen LogP contribution in [0.5, 0.6) is 5.75 Å². The summed E-state index contributed by atoms with van der Waals surface area (Å²) >= 11 is 0. The molecule has 9 heteroatoms. The van der Waals surface area contributed by atoms with Crippen molar-refractivity contribution in [2.24, 2.45) is 0 Å². The van der Waals surface area contributed by atoms with Gasteiger partial charge in [-0.15, -0.1) is 0 Å². The van der Waals surface area contributed by atoms with Crippen LogP contribution in [-0.4, -0.2) is 62.5 Å². The number of carbonyl (C=O) groups excluding carboxylic acids is 2. The third-order valence-corrected chi connectivity index (χ3v) is 3.35. The molecule has 1 aromatic rings. The van der Waals surface area contributed by atoms with Crippen LogP contribution in [0, 0.1) is 6.92 Å². The second kappa shape index (κ2) is 13.4. The molecule has 0 saturated heterocycles. The Morgan fingerprint density at radius 3 is 2.30 bits per heavy atom.